The summed E-state index contributed by atoms with van der Waals surface area (Å²) in [7, 11) is 0. The number of rotatable bonds is 26. The highest BCUT2D eigenvalue weighted by Gasteiger charge is 2.31. The van der Waals surface area contributed by atoms with E-state index in [1.807, 2.05) is 13.0 Å². The Balaban J connectivity index is 1.38. The van der Waals surface area contributed by atoms with Crippen LogP contribution in [0.3, 0.4) is 0 Å². The summed E-state index contributed by atoms with van der Waals surface area (Å²) in [4.78, 5) is 11.6. The van der Waals surface area contributed by atoms with Crippen molar-refractivity contribution in [1.82, 2.24) is 0 Å². The Hall–Kier alpha value is -0.990. The first-order valence-corrected chi connectivity index (χ1v) is 17.6. The Morgan fingerprint density at radius 1 is 0.738 bits per heavy atom. The van der Waals surface area contributed by atoms with Gasteiger partial charge in [0, 0.05) is 12.0 Å². The highest BCUT2D eigenvalue weighted by molar-refractivity contribution is 5.90. The fourth-order valence-corrected chi connectivity index (χ4v) is 6.40. The summed E-state index contributed by atoms with van der Waals surface area (Å²) in [5.74, 6) is -0.279. The number of ether oxygens (including phenoxy) is 2. The van der Waals surface area contributed by atoms with E-state index in [9.17, 15) is 25.2 Å². The second-order valence-electron chi connectivity index (χ2n) is 13.1. The molecular weight excluding hydrogens is 532 g/mol. The number of hydrogen-bond donors (Lipinski definition) is 4. The van der Waals surface area contributed by atoms with Gasteiger partial charge in [0.15, 0.2) is 0 Å². The fourth-order valence-electron chi connectivity index (χ4n) is 6.40. The smallest absolute Gasteiger partial charge is 0.334 e. The molecule has 2 aliphatic heterocycles. The van der Waals surface area contributed by atoms with Crippen molar-refractivity contribution >= 4 is 5.97 Å². The normalized spacial score (nSPS) is 23.5. The Bertz CT molecular complexity index is 726. The van der Waals surface area contributed by atoms with E-state index in [1.54, 1.807) is 0 Å². The third-order valence-electron chi connectivity index (χ3n) is 9.14. The molecule has 0 bridgehead atoms. The van der Waals surface area contributed by atoms with E-state index in [2.05, 4.69) is 6.92 Å². The second kappa shape index (κ2) is 22.5. The van der Waals surface area contributed by atoms with Crippen LogP contribution in [0.25, 0.3) is 0 Å². The number of esters is 1. The van der Waals surface area contributed by atoms with Gasteiger partial charge in [0.1, 0.15) is 6.10 Å². The third-order valence-corrected chi connectivity index (χ3v) is 9.14. The molecule has 2 heterocycles. The first-order chi connectivity index (χ1) is 20.3. The van der Waals surface area contributed by atoms with Crippen molar-refractivity contribution in [2.75, 3.05) is 0 Å². The molecule has 0 aromatic rings. The molecule has 246 valence electrons. The molecule has 2 rings (SSSR count). The van der Waals surface area contributed by atoms with Gasteiger partial charge in [-0.25, -0.2) is 4.79 Å². The minimum absolute atomic E-state index is 0.140. The third kappa shape index (κ3) is 16.2. The SMILES string of the molecule is CCCCCCCC[C@@H](O)[C@@H](O)CC[C@H](O)[C@@H]1CC[C@@H](CCCCCCCCCCC[C@H](O)CC2=C[C@H](C)OC2=O)O1. The number of aliphatic hydroxyl groups excluding tert-OH is 4. The first-order valence-electron chi connectivity index (χ1n) is 17.6. The van der Waals surface area contributed by atoms with Crippen molar-refractivity contribution < 1.29 is 34.7 Å². The second-order valence-corrected chi connectivity index (χ2v) is 13.1. The number of carbonyl (C=O) groups is 1. The quantitative estimate of drug-likeness (QED) is 0.0624. The van der Waals surface area contributed by atoms with Crippen LogP contribution in [0.1, 0.15) is 162 Å². The minimum Gasteiger partial charge on any atom is -0.455 e. The number of cyclic esters (lactones) is 1. The molecular formula is C35H64O7. The molecule has 0 aliphatic carbocycles. The zero-order valence-corrected chi connectivity index (χ0v) is 26.9. The standard InChI is InChI=1S/C35H64O7/c1-3-4-5-6-14-17-20-31(37)32(38)22-23-33(39)34-24-21-30(42-34)19-16-13-11-9-7-8-10-12-15-18-29(36)26-28-25-27(2)41-35(28)40/h25,27,29-34,36-39H,3-24,26H2,1-2H3/t27-,29-,30+,31+,32-,33-,34-/m0/s1. The molecule has 0 amide bonds. The van der Waals surface area contributed by atoms with Crippen LogP contribution in [0.4, 0.5) is 0 Å². The number of carbonyl (C=O) groups excluding carboxylic acids is 1. The summed E-state index contributed by atoms with van der Waals surface area (Å²) in [5.41, 5.74) is 0.619. The molecule has 1 saturated heterocycles. The van der Waals surface area contributed by atoms with E-state index >= 15 is 0 Å². The fraction of sp³-hybridized carbons (Fsp3) is 0.914. The van der Waals surface area contributed by atoms with Crippen LogP contribution in [0.2, 0.25) is 0 Å². The summed E-state index contributed by atoms with van der Waals surface area (Å²) in [6.45, 7) is 4.04. The topological polar surface area (TPSA) is 116 Å². The summed E-state index contributed by atoms with van der Waals surface area (Å²) < 4.78 is 11.2. The molecule has 0 unspecified atom stereocenters. The van der Waals surface area contributed by atoms with Gasteiger partial charge in [0.2, 0.25) is 0 Å². The summed E-state index contributed by atoms with van der Waals surface area (Å²) in [6.07, 6.45) is 22.6. The van der Waals surface area contributed by atoms with Gasteiger partial charge in [0.25, 0.3) is 0 Å². The van der Waals surface area contributed by atoms with Crippen molar-refractivity contribution in [2.24, 2.45) is 0 Å². The largest absolute Gasteiger partial charge is 0.455 e. The maximum absolute atomic E-state index is 11.6. The summed E-state index contributed by atoms with van der Waals surface area (Å²) >= 11 is 0. The number of aliphatic hydroxyl groups is 4. The Kier molecular flexibility index (Phi) is 19.9. The van der Waals surface area contributed by atoms with Gasteiger partial charge >= 0.3 is 5.97 Å². The molecule has 7 heteroatoms. The average molecular weight is 597 g/mol. The van der Waals surface area contributed by atoms with Gasteiger partial charge in [0.05, 0.1) is 36.6 Å². The number of unbranched alkanes of at least 4 members (excludes halogenated alkanes) is 13. The van der Waals surface area contributed by atoms with E-state index in [0.29, 0.717) is 31.3 Å². The number of hydrogen-bond acceptors (Lipinski definition) is 7. The lowest BCUT2D eigenvalue weighted by molar-refractivity contribution is -0.139. The average Bonchev–Trinajstić information content (AvgIpc) is 3.57. The minimum atomic E-state index is -0.766. The van der Waals surface area contributed by atoms with E-state index in [-0.39, 0.29) is 24.3 Å². The van der Waals surface area contributed by atoms with Crippen LogP contribution < -0.4 is 0 Å². The maximum Gasteiger partial charge on any atom is 0.334 e. The molecule has 0 radical (unpaired) electrons. The van der Waals surface area contributed by atoms with Gasteiger partial charge in [-0.05, 0) is 57.9 Å². The Morgan fingerprint density at radius 2 is 1.31 bits per heavy atom. The van der Waals surface area contributed by atoms with Crippen LogP contribution in [0.5, 0.6) is 0 Å². The summed E-state index contributed by atoms with van der Waals surface area (Å²) in [6, 6.07) is 0. The van der Waals surface area contributed by atoms with Gasteiger partial charge < -0.3 is 29.9 Å². The Labute approximate surface area is 256 Å². The van der Waals surface area contributed by atoms with E-state index in [1.165, 1.54) is 64.2 Å². The molecule has 7 atom stereocenters. The van der Waals surface area contributed by atoms with Crippen molar-refractivity contribution in [2.45, 2.75) is 204 Å². The first kappa shape index (κ1) is 37.2. The van der Waals surface area contributed by atoms with Crippen LogP contribution in [0.15, 0.2) is 11.6 Å². The molecule has 7 nitrogen and oxygen atoms in total. The van der Waals surface area contributed by atoms with Crippen molar-refractivity contribution in [1.29, 1.82) is 0 Å². The lowest BCUT2D eigenvalue weighted by atomic mass is 9.98. The van der Waals surface area contributed by atoms with E-state index in [4.69, 9.17) is 9.47 Å². The summed E-state index contributed by atoms with van der Waals surface area (Å²) in [5, 5.41) is 41.3. The molecule has 4 N–H and O–H groups in total. The molecule has 0 saturated carbocycles. The van der Waals surface area contributed by atoms with Crippen LogP contribution in [-0.4, -0.2) is 69.1 Å². The molecule has 0 aromatic heterocycles. The van der Waals surface area contributed by atoms with Crippen LogP contribution in [-0.2, 0) is 14.3 Å². The van der Waals surface area contributed by atoms with Crippen LogP contribution >= 0.6 is 0 Å². The molecule has 42 heavy (non-hydrogen) atoms. The van der Waals surface area contributed by atoms with Crippen molar-refractivity contribution in [3.63, 3.8) is 0 Å². The highest BCUT2D eigenvalue weighted by atomic mass is 16.5. The van der Waals surface area contributed by atoms with E-state index < -0.39 is 24.4 Å². The molecule has 0 spiro atoms. The predicted octanol–water partition coefficient (Wildman–Crippen LogP) is 7.06. The van der Waals surface area contributed by atoms with Gasteiger partial charge in [-0.2, -0.15) is 0 Å². The zero-order chi connectivity index (χ0) is 30.6. The van der Waals surface area contributed by atoms with Gasteiger partial charge in [-0.3, -0.25) is 0 Å². The predicted molar refractivity (Wildman–Crippen MR) is 168 cm³/mol. The van der Waals surface area contributed by atoms with Crippen molar-refractivity contribution in [3.8, 4) is 0 Å². The molecule has 1 fully saturated rings. The molecule has 2 aliphatic rings. The Morgan fingerprint density at radius 3 is 1.93 bits per heavy atom. The van der Waals surface area contributed by atoms with Gasteiger partial charge in [-0.1, -0.05) is 103 Å². The lowest BCUT2D eigenvalue weighted by Gasteiger charge is -2.22. The zero-order valence-electron chi connectivity index (χ0n) is 26.9. The monoisotopic (exact) mass is 596 g/mol. The van der Waals surface area contributed by atoms with E-state index in [0.717, 1.165) is 57.8 Å². The lowest BCUT2D eigenvalue weighted by Crippen LogP contribution is -2.31. The molecule has 0 aromatic carbocycles. The van der Waals surface area contributed by atoms with Crippen LogP contribution in [0, 0.1) is 0 Å². The van der Waals surface area contributed by atoms with Gasteiger partial charge in [-0.15, -0.1) is 0 Å². The highest BCUT2D eigenvalue weighted by Crippen LogP contribution is 2.28. The maximum atomic E-state index is 11.6. The van der Waals surface area contributed by atoms with Crippen molar-refractivity contribution in [3.05, 3.63) is 11.6 Å².